The molecule has 210 valence electrons. The Balaban J connectivity index is 5.40. The second-order valence-electron chi connectivity index (χ2n) is 9.51. The number of hydrogen-bond donors (Lipinski definition) is 4. The standard InChI is InChI=1S/C26H48N2O8/c1-3-5-7-9-11-13-15-27(21(25(33)34)19-23(29)30)17-18-28(16-14-12-10-8-6-4-2)22(26(35)36)20-24(31)32/h21-22H,3-20H2,1-2H3,(H,29,30)(H,31,32)(H,33,34)(H,35,36)/t21-,22-/m0/s1. The van der Waals surface area contributed by atoms with Gasteiger partial charge in [-0.1, -0.05) is 78.1 Å². The van der Waals surface area contributed by atoms with Crippen molar-refractivity contribution >= 4 is 23.9 Å². The number of unbranched alkanes of at least 4 members (excludes halogenated alkanes) is 10. The summed E-state index contributed by atoms with van der Waals surface area (Å²) in [5.41, 5.74) is 0. The van der Waals surface area contributed by atoms with Crippen molar-refractivity contribution in [2.75, 3.05) is 26.2 Å². The van der Waals surface area contributed by atoms with Crippen molar-refractivity contribution in [3.63, 3.8) is 0 Å². The third-order valence-electron chi connectivity index (χ3n) is 6.46. The highest BCUT2D eigenvalue weighted by atomic mass is 16.4. The van der Waals surface area contributed by atoms with Crippen LogP contribution in [0.4, 0.5) is 0 Å². The van der Waals surface area contributed by atoms with Crippen molar-refractivity contribution in [3.05, 3.63) is 0 Å². The van der Waals surface area contributed by atoms with E-state index in [0.717, 1.165) is 64.2 Å². The summed E-state index contributed by atoms with van der Waals surface area (Å²) in [7, 11) is 0. The van der Waals surface area contributed by atoms with Crippen LogP contribution in [0.1, 0.15) is 104 Å². The second-order valence-corrected chi connectivity index (χ2v) is 9.51. The maximum absolute atomic E-state index is 11.9. The molecule has 0 spiro atoms. The normalized spacial score (nSPS) is 13.1. The lowest BCUT2D eigenvalue weighted by Gasteiger charge is -2.33. The molecule has 0 rings (SSSR count). The number of nitrogens with zero attached hydrogens (tertiary/aromatic N) is 2. The maximum atomic E-state index is 11.9. The van der Waals surface area contributed by atoms with E-state index in [9.17, 15) is 39.6 Å². The van der Waals surface area contributed by atoms with E-state index in [2.05, 4.69) is 13.8 Å². The van der Waals surface area contributed by atoms with E-state index in [-0.39, 0.29) is 13.1 Å². The van der Waals surface area contributed by atoms with Crippen LogP contribution >= 0.6 is 0 Å². The molecule has 10 heteroatoms. The van der Waals surface area contributed by atoms with E-state index in [1.54, 1.807) is 9.80 Å². The van der Waals surface area contributed by atoms with Gasteiger partial charge in [0.15, 0.2) is 0 Å². The lowest BCUT2D eigenvalue weighted by Crippen LogP contribution is -2.50. The van der Waals surface area contributed by atoms with Gasteiger partial charge < -0.3 is 20.4 Å². The first kappa shape index (κ1) is 33.8. The molecule has 0 aromatic carbocycles. The molecule has 0 aromatic heterocycles. The fraction of sp³-hybridized carbons (Fsp3) is 0.846. The fourth-order valence-corrected chi connectivity index (χ4v) is 4.37. The summed E-state index contributed by atoms with van der Waals surface area (Å²) in [6.07, 6.45) is 10.8. The fourth-order valence-electron chi connectivity index (χ4n) is 4.37. The molecule has 0 aliphatic heterocycles. The summed E-state index contributed by atoms with van der Waals surface area (Å²) >= 11 is 0. The van der Waals surface area contributed by atoms with Gasteiger partial charge in [-0.05, 0) is 25.9 Å². The lowest BCUT2D eigenvalue weighted by molar-refractivity contribution is -0.151. The molecule has 0 radical (unpaired) electrons. The summed E-state index contributed by atoms with van der Waals surface area (Å²) in [4.78, 5) is 49.6. The van der Waals surface area contributed by atoms with Crippen LogP contribution in [0, 0.1) is 0 Å². The SMILES string of the molecule is CCCCCCCCN(CCN(CCCCCCCC)[C@@H](CC(=O)O)C(=O)O)[C@@H](CC(=O)O)C(=O)O. The van der Waals surface area contributed by atoms with E-state index in [1.807, 2.05) is 0 Å². The van der Waals surface area contributed by atoms with Crippen LogP contribution in [0.2, 0.25) is 0 Å². The first-order valence-corrected chi connectivity index (χ1v) is 13.5. The van der Waals surface area contributed by atoms with Crippen molar-refractivity contribution in [2.24, 2.45) is 0 Å². The Kier molecular flexibility index (Phi) is 19.7. The zero-order valence-electron chi connectivity index (χ0n) is 22.2. The Bertz CT molecular complexity index is 589. The molecule has 0 saturated carbocycles. The van der Waals surface area contributed by atoms with Crippen LogP contribution in [0.15, 0.2) is 0 Å². The van der Waals surface area contributed by atoms with Gasteiger partial charge in [0, 0.05) is 13.1 Å². The molecule has 0 aromatic rings. The molecular formula is C26H48N2O8. The molecule has 4 N–H and O–H groups in total. The molecule has 0 bridgehead atoms. The van der Waals surface area contributed by atoms with Gasteiger partial charge in [0.25, 0.3) is 0 Å². The molecule has 36 heavy (non-hydrogen) atoms. The minimum atomic E-state index is -1.23. The Morgan fingerprint density at radius 2 is 0.806 bits per heavy atom. The van der Waals surface area contributed by atoms with E-state index in [1.165, 1.54) is 0 Å². The number of carboxylic acid groups (broad SMARTS) is 4. The highest BCUT2D eigenvalue weighted by Crippen LogP contribution is 2.14. The van der Waals surface area contributed by atoms with Crippen LogP contribution in [0.3, 0.4) is 0 Å². The average molecular weight is 517 g/mol. The first-order chi connectivity index (χ1) is 17.1. The van der Waals surface area contributed by atoms with Crippen LogP contribution in [-0.4, -0.2) is 92.4 Å². The Labute approximate surface area is 215 Å². The third kappa shape index (κ3) is 16.5. The van der Waals surface area contributed by atoms with Gasteiger partial charge in [-0.3, -0.25) is 29.0 Å². The van der Waals surface area contributed by atoms with Crippen molar-refractivity contribution in [1.29, 1.82) is 0 Å². The minimum Gasteiger partial charge on any atom is -0.481 e. The van der Waals surface area contributed by atoms with Crippen molar-refractivity contribution in [2.45, 2.75) is 116 Å². The molecule has 10 nitrogen and oxygen atoms in total. The van der Waals surface area contributed by atoms with Gasteiger partial charge in [-0.2, -0.15) is 0 Å². The molecule has 0 heterocycles. The second kappa shape index (κ2) is 20.9. The largest absolute Gasteiger partial charge is 0.481 e. The number of hydrogen-bond acceptors (Lipinski definition) is 6. The number of aliphatic carboxylic acids is 4. The summed E-state index contributed by atoms with van der Waals surface area (Å²) in [6, 6.07) is -2.45. The average Bonchev–Trinajstić information content (AvgIpc) is 2.80. The van der Waals surface area contributed by atoms with Gasteiger partial charge in [-0.25, -0.2) is 0 Å². The molecule has 0 amide bonds. The smallest absolute Gasteiger partial charge is 0.321 e. The van der Waals surface area contributed by atoms with Gasteiger partial charge in [0.2, 0.25) is 0 Å². The van der Waals surface area contributed by atoms with Crippen LogP contribution < -0.4 is 0 Å². The summed E-state index contributed by atoms with van der Waals surface area (Å²) < 4.78 is 0. The topological polar surface area (TPSA) is 156 Å². The Hall–Kier alpha value is -2.20. The molecular weight excluding hydrogens is 468 g/mol. The lowest BCUT2D eigenvalue weighted by atomic mass is 10.1. The molecule has 0 aliphatic rings. The molecule has 0 saturated heterocycles. The maximum Gasteiger partial charge on any atom is 0.321 e. The molecule has 0 aliphatic carbocycles. The highest BCUT2D eigenvalue weighted by Gasteiger charge is 2.31. The number of rotatable bonds is 25. The summed E-state index contributed by atoms with van der Waals surface area (Å²) in [6.45, 7) is 5.32. The van der Waals surface area contributed by atoms with Gasteiger partial charge in [-0.15, -0.1) is 0 Å². The summed E-state index contributed by atoms with van der Waals surface area (Å²) in [5, 5.41) is 37.9. The monoisotopic (exact) mass is 516 g/mol. The zero-order chi connectivity index (χ0) is 27.3. The zero-order valence-corrected chi connectivity index (χ0v) is 22.2. The van der Waals surface area contributed by atoms with Crippen molar-refractivity contribution < 1.29 is 39.6 Å². The van der Waals surface area contributed by atoms with E-state index < -0.39 is 48.8 Å². The predicted octanol–water partition coefficient (Wildman–Crippen LogP) is 4.17. The highest BCUT2D eigenvalue weighted by molar-refractivity contribution is 5.81. The predicted molar refractivity (Wildman–Crippen MR) is 137 cm³/mol. The molecule has 2 atom stereocenters. The van der Waals surface area contributed by atoms with Gasteiger partial charge in [0.1, 0.15) is 12.1 Å². The minimum absolute atomic E-state index is 0.151. The third-order valence-corrected chi connectivity index (χ3v) is 6.46. The van der Waals surface area contributed by atoms with Crippen molar-refractivity contribution in [1.82, 2.24) is 9.80 Å². The molecule has 0 unspecified atom stereocenters. The Morgan fingerprint density at radius 1 is 0.500 bits per heavy atom. The quantitative estimate of drug-likeness (QED) is 0.130. The Morgan fingerprint density at radius 3 is 1.08 bits per heavy atom. The van der Waals surface area contributed by atoms with E-state index in [4.69, 9.17) is 0 Å². The molecule has 0 fully saturated rings. The number of carbonyl (C=O) groups is 4. The van der Waals surface area contributed by atoms with E-state index >= 15 is 0 Å². The summed E-state index contributed by atoms with van der Waals surface area (Å²) in [5.74, 6) is -4.89. The van der Waals surface area contributed by atoms with Gasteiger partial charge in [0.05, 0.1) is 12.8 Å². The van der Waals surface area contributed by atoms with Crippen LogP contribution in [-0.2, 0) is 19.2 Å². The van der Waals surface area contributed by atoms with Crippen LogP contribution in [0.5, 0.6) is 0 Å². The van der Waals surface area contributed by atoms with Crippen molar-refractivity contribution in [3.8, 4) is 0 Å². The first-order valence-electron chi connectivity index (χ1n) is 13.5. The van der Waals surface area contributed by atoms with E-state index in [0.29, 0.717) is 25.9 Å². The van der Waals surface area contributed by atoms with Crippen LogP contribution in [0.25, 0.3) is 0 Å². The number of carboxylic acids is 4. The van der Waals surface area contributed by atoms with Gasteiger partial charge >= 0.3 is 23.9 Å².